The van der Waals surface area contributed by atoms with Crippen molar-refractivity contribution in [2.75, 3.05) is 6.61 Å². The maximum Gasteiger partial charge on any atom is 0.240 e. The number of aromatic nitrogens is 3. The van der Waals surface area contributed by atoms with E-state index in [1.807, 2.05) is 53.3 Å². The summed E-state index contributed by atoms with van der Waals surface area (Å²) < 4.78 is 13.6. The van der Waals surface area contributed by atoms with Crippen molar-refractivity contribution in [1.82, 2.24) is 19.9 Å². The van der Waals surface area contributed by atoms with E-state index >= 15 is 0 Å². The molecule has 0 unspecified atom stereocenters. The van der Waals surface area contributed by atoms with Gasteiger partial charge in [0.05, 0.1) is 23.2 Å². The Morgan fingerprint density at radius 2 is 2.22 bits per heavy atom. The summed E-state index contributed by atoms with van der Waals surface area (Å²) >= 11 is 1.50. The Labute approximate surface area is 190 Å². The number of rotatable bonds is 7. The second-order valence-electron chi connectivity index (χ2n) is 7.79. The lowest BCUT2D eigenvalue weighted by Gasteiger charge is -2.14. The predicted octanol–water partition coefficient (Wildman–Crippen LogP) is 4.20. The molecule has 0 spiro atoms. The van der Waals surface area contributed by atoms with Crippen LogP contribution in [-0.2, 0) is 24.3 Å². The van der Waals surface area contributed by atoms with Gasteiger partial charge in [-0.2, -0.15) is 0 Å². The summed E-state index contributed by atoms with van der Waals surface area (Å²) in [6.45, 7) is 5.08. The molecule has 1 N–H and O–H groups in total. The van der Waals surface area contributed by atoms with Crippen LogP contribution in [0.25, 0.3) is 22.6 Å². The average Bonchev–Trinajstić information content (AvgIpc) is 3.51. The number of hydrogen-bond donors (Lipinski definition) is 1. The van der Waals surface area contributed by atoms with Gasteiger partial charge in [-0.15, -0.1) is 11.3 Å². The lowest BCUT2D eigenvalue weighted by Crippen LogP contribution is -2.27. The van der Waals surface area contributed by atoms with Gasteiger partial charge in [0.25, 0.3) is 0 Å². The summed E-state index contributed by atoms with van der Waals surface area (Å²) in [5.41, 5.74) is 6.33. The molecule has 1 aliphatic rings. The Bertz CT molecular complexity index is 1270. The number of benzene rings is 2. The summed E-state index contributed by atoms with van der Waals surface area (Å²) in [4.78, 5) is 22.0. The van der Waals surface area contributed by atoms with E-state index in [0.29, 0.717) is 19.0 Å². The smallest absolute Gasteiger partial charge is 0.240 e. The molecule has 5 rings (SSSR count). The minimum atomic E-state index is -0.109. The lowest BCUT2D eigenvalue weighted by molar-refractivity contribution is -0.121. The van der Waals surface area contributed by atoms with Crippen molar-refractivity contribution in [3.63, 3.8) is 0 Å². The fourth-order valence-corrected chi connectivity index (χ4v) is 4.59. The van der Waals surface area contributed by atoms with Crippen LogP contribution in [0.3, 0.4) is 0 Å². The van der Waals surface area contributed by atoms with Gasteiger partial charge in [0.15, 0.2) is 5.82 Å². The summed E-state index contributed by atoms with van der Waals surface area (Å²) in [7, 11) is 0. The van der Waals surface area contributed by atoms with E-state index in [9.17, 15) is 4.79 Å². The first-order chi connectivity index (χ1) is 15.6. The average molecular weight is 449 g/mol. The molecule has 2 aromatic heterocycles. The second kappa shape index (κ2) is 8.63. The standard InChI is InChI=1S/C24H24N4O3S/c1-3-30-21-9-16-8-15(2)31-22(16)10-17(21)11-25-23(29)12-28-20-7-5-4-6-18(20)27-24(28)19-13-32-14-26-19/h4-7,9-10,13-15H,3,8,11-12H2,1-2H3,(H,25,29)/t15-/m0/s1. The monoisotopic (exact) mass is 448 g/mol. The highest BCUT2D eigenvalue weighted by Gasteiger charge is 2.22. The van der Waals surface area contributed by atoms with Gasteiger partial charge in [0.2, 0.25) is 5.91 Å². The van der Waals surface area contributed by atoms with Gasteiger partial charge in [-0.1, -0.05) is 12.1 Å². The Balaban J connectivity index is 1.37. The number of nitrogens with one attached hydrogen (secondary N) is 1. The van der Waals surface area contributed by atoms with Crippen LogP contribution in [0.1, 0.15) is 25.0 Å². The van der Waals surface area contributed by atoms with Crippen molar-refractivity contribution < 1.29 is 14.3 Å². The van der Waals surface area contributed by atoms with Crippen LogP contribution in [0, 0.1) is 0 Å². The van der Waals surface area contributed by atoms with Crippen molar-refractivity contribution >= 4 is 28.3 Å². The number of nitrogens with zero attached hydrogens (tertiary/aromatic N) is 3. The molecule has 0 bridgehead atoms. The zero-order valence-corrected chi connectivity index (χ0v) is 18.8. The molecule has 8 heteroatoms. The van der Waals surface area contributed by atoms with Crippen LogP contribution in [-0.4, -0.2) is 33.2 Å². The van der Waals surface area contributed by atoms with E-state index < -0.39 is 0 Å². The molecule has 4 aromatic rings. The van der Waals surface area contributed by atoms with E-state index in [-0.39, 0.29) is 18.6 Å². The van der Waals surface area contributed by atoms with Crippen LogP contribution < -0.4 is 14.8 Å². The number of amides is 1. The zero-order chi connectivity index (χ0) is 22.1. The van der Waals surface area contributed by atoms with E-state index in [1.165, 1.54) is 11.3 Å². The van der Waals surface area contributed by atoms with Gasteiger partial charge >= 0.3 is 0 Å². The molecule has 164 valence electrons. The van der Waals surface area contributed by atoms with Gasteiger partial charge in [-0.3, -0.25) is 4.79 Å². The largest absolute Gasteiger partial charge is 0.494 e. The topological polar surface area (TPSA) is 78.3 Å². The summed E-state index contributed by atoms with van der Waals surface area (Å²) in [5.74, 6) is 2.25. The van der Waals surface area contributed by atoms with E-state index in [2.05, 4.69) is 17.2 Å². The third-order valence-electron chi connectivity index (χ3n) is 5.47. The first-order valence-electron chi connectivity index (χ1n) is 10.7. The highest BCUT2D eigenvalue weighted by Crippen LogP contribution is 2.35. The molecule has 1 amide bonds. The van der Waals surface area contributed by atoms with Crippen LogP contribution >= 0.6 is 11.3 Å². The number of carbonyl (C=O) groups excluding carboxylic acids is 1. The fraction of sp³-hybridized carbons (Fsp3) is 0.292. The van der Waals surface area contributed by atoms with Gasteiger partial charge in [-0.05, 0) is 38.1 Å². The fourth-order valence-electron chi connectivity index (χ4n) is 4.06. The molecule has 0 aliphatic carbocycles. The zero-order valence-electron chi connectivity index (χ0n) is 18.0. The molecule has 0 radical (unpaired) electrons. The third-order valence-corrected chi connectivity index (χ3v) is 6.06. The quantitative estimate of drug-likeness (QED) is 0.459. The first kappa shape index (κ1) is 20.5. The minimum absolute atomic E-state index is 0.109. The molecule has 3 heterocycles. The second-order valence-corrected chi connectivity index (χ2v) is 8.51. The number of ether oxygens (including phenoxy) is 2. The summed E-state index contributed by atoms with van der Waals surface area (Å²) in [6.07, 6.45) is 1.03. The van der Waals surface area contributed by atoms with Crippen molar-refractivity contribution in [2.45, 2.75) is 39.5 Å². The highest BCUT2D eigenvalue weighted by atomic mass is 32.1. The van der Waals surface area contributed by atoms with Crippen LogP contribution in [0.5, 0.6) is 11.5 Å². The number of hydrogen-bond acceptors (Lipinski definition) is 6. The van der Waals surface area contributed by atoms with Crippen molar-refractivity contribution in [2.24, 2.45) is 0 Å². The van der Waals surface area contributed by atoms with E-state index in [0.717, 1.165) is 45.8 Å². The van der Waals surface area contributed by atoms with Gasteiger partial charge < -0.3 is 19.4 Å². The molecular weight excluding hydrogens is 424 g/mol. The summed E-state index contributed by atoms with van der Waals surface area (Å²) in [5, 5.41) is 4.97. The molecule has 1 atom stereocenters. The Kier molecular flexibility index (Phi) is 5.53. The first-order valence-corrected chi connectivity index (χ1v) is 11.6. The van der Waals surface area contributed by atoms with Crippen LogP contribution in [0.4, 0.5) is 0 Å². The molecule has 32 heavy (non-hydrogen) atoms. The summed E-state index contributed by atoms with van der Waals surface area (Å²) in [6, 6.07) is 11.8. The number of thiazole rings is 1. The molecule has 7 nitrogen and oxygen atoms in total. The SMILES string of the molecule is CCOc1cc2c(cc1CNC(=O)Cn1c(-c3cscn3)nc3ccccc31)O[C@@H](C)C2. The minimum Gasteiger partial charge on any atom is -0.494 e. The molecule has 0 saturated heterocycles. The molecule has 0 saturated carbocycles. The molecular formula is C24H24N4O3S. The number of carbonyl (C=O) groups is 1. The number of para-hydroxylation sites is 2. The lowest BCUT2D eigenvalue weighted by atomic mass is 10.1. The molecule has 2 aromatic carbocycles. The van der Waals surface area contributed by atoms with Crippen LogP contribution in [0.2, 0.25) is 0 Å². The van der Waals surface area contributed by atoms with Crippen molar-refractivity contribution in [1.29, 1.82) is 0 Å². The highest BCUT2D eigenvalue weighted by molar-refractivity contribution is 7.07. The van der Waals surface area contributed by atoms with Gasteiger partial charge in [0.1, 0.15) is 29.8 Å². The van der Waals surface area contributed by atoms with E-state index in [4.69, 9.17) is 14.5 Å². The number of imidazole rings is 1. The van der Waals surface area contributed by atoms with E-state index in [1.54, 1.807) is 5.51 Å². The Morgan fingerprint density at radius 1 is 1.34 bits per heavy atom. The van der Waals surface area contributed by atoms with Gasteiger partial charge in [-0.25, -0.2) is 9.97 Å². The van der Waals surface area contributed by atoms with Crippen molar-refractivity contribution in [3.8, 4) is 23.0 Å². The maximum atomic E-state index is 13.0. The molecule has 1 aliphatic heterocycles. The maximum absolute atomic E-state index is 13.0. The Hall–Kier alpha value is -3.39. The van der Waals surface area contributed by atoms with Gasteiger partial charge in [0, 0.05) is 29.5 Å². The predicted molar refractivity (Wildman–Crippen MR) is 124 cm³/mol. The van der Waals surface area contributed by atoms with Crippen molar-refractivity contribution in [3.05, 3.63) is 58.4 Å². The number of fused-ring (bicyclic) bond motifs is 2. The van der Waals surface area contributed by atoms with Crippen LogP contribution in [0.15, 0.2) is 47.3 Å². The normalized spacial score (nSPS) is 14.9. The molecule has 0 fully saturated rings. The Morgan fingerprint density at radius 3 is 3.03 bits per heavy atom. The third kappa shape index (κ3) is 3.93.